The lowest BCUT2D eigenvalue weighted by molar-refractivity contribution is -0.123. The molecule has 0 saturated carbocycles. The van der Waals surface area contributed by atoms with E-state index in [2.05, 4.69) is 5.16 Å². The van der Waals surface area contributed by atoms with Gasteiger partial charge in [0.2, 0.25) is 5.91 Å². The molecule has 0 aliphatic carbocycles. The van der Waals surface area contributed by atoms with Gasteiger partial charge in [-0.05, 0) is 20.8 Å². The first-order valence-electron chi connectivity index (χ1n) is 2.92. The Hall–Kier alpha value is -1.06. The van der Waals surface area contributed by atoms with Crippen LogP contribution in [0.1, 0.15) is 20.8 Å². The van der Waals surface area contributed by atoms with Crippen LogP contribution in [0.15, 0.2) is 5.16 Å². The van der Waals surface area contributed by atoms with Crippen LogP contribution < -0.4 is 5.73 Å². The molecule has 0 atom stereocenters. The Labute approximate surface area is 59.7 Å². The fraction of sp³-hybridized carbons (Fsp3) is 0.667. The summed E-state index contributed by atoms with van der Waals surface area (Å²) in [6, 6.07) is 0. The number of nitrogens with two attached hydrogens (primary N) is 1. The fourth-order valence-corrected chi connectivity index (χ4v) is 0.303. The Bertz CT molecular complexity index is 173. The topological polar surface area (TPSA) is 75.7 Å². The summed E-state index contributed by atoms with van der Waals surface area (Å²) < 4.78 is 0. The van der Waals surface area contributed by atoms with E-state index < -0.39 is 11.3 Å². The molecular weight excluding hydrogens is 132 g/mol. The summed E-state index contributed by atoms with van der Waals surface area (Å²) in [5, 5.41) is 11.2. The number of rotatable bonds is 2. The van der Waals surface area contributed by atoms with Crippen molar-refractivity contribution < 1.29 is 10.0 Å². The number of nitrogens with zero attached hydrogens (tertiary/aromatic N) is 1. The first kappa shape index (κ1) is 8.94. The minimum atomic E-state index is -0.852. The molecule has 0 aromatic heterocycles. The number of hydrogen-bond acceptors (Lipinski definition) is 3. The minimum absolute atomic E-state index is 0.319. The summed E-state index contributed by atoms with van der Waals surface area (Å²) in [6.07, 6.45) is 0. The predicted octanol–water partition coefficient (Wildman–Crippen LogP) is 0.348. The Balaban J connectivity index is 4.56. The SMILES string of the molecule is C/C(=N\O)C(C)(C)C(N)=O. The van der Waals surface area contributed by atoms with Crippen LogP contribution in [0.4, 0.5) is 0 Å². The lowest BCUT2D eigenvalue weighted by atomic mass is 9.88. The summed E-state index contributed by atoms with van der Waals surface area (Å²) >= 11 is 0. The van der Waals surface area contributed by atoms with Crippen molar-refractivity contribution in [1.29, 1.82) is 0 Å². The van der Waals surface area contributed by atoms with Gasteiger partial charge < -0.3 is 10.9 Å². The second-order valence-corrected chi connectivity index (χ2v) is 2.67. The third-order valence-corrected chi connectivity index (χ3v) is 1.67. The van der Waals surface area contributed by atoms with Crippen molar-refractivity contribution in [2.75, 3.05) is 0 Å². The van der Waals surface area contributed by atoms with E-state index in [-0.39, 0.29) is 0 Å². The van der Waals surface area contributed by atoms with Gasteiger partial charge in [-0.25, -0.2) is 0 Å². The monoisotopic (exact) mass is 144 g/mol. The molecule has 0 fully saturated rings. The van der Waals surface area contributed by atoms with E-state index in [4.69, 9.17) is 10.9 Å². The van der Waals surface area contributed by atoms with E-state index in [0.29, 0.717) is 5.71 Å². The second kappa shape index (κ2) is 2.68. The molecule has 0 aromatic carbocycles. The van der Waals surface area contributed by atoms with Crippen LogP contribution in [0.2, 0.25) is 0 Å². The highest BCUT2D eigenvalue weighted by molar-refractivity contribution is 6.05. The van der Waals surface area contributed by atoms with Gasteiger partial charge in [-0.15, -0.1) is 0 Å². The van der Waals surface area contributed by atoms with Crippen molar-refractivity contribution in [2.45, 2.75) is 20.8 Å². The molecule has 0 aliphatic rings. The normalized spacial score (nSPS) is 13.3. The van der Waals surface area contributed by atoms with Gasteiger partial charge in [-0.3, -0.25) is 4.79 Å². The van der Waals surface area contributed by atoms with Crippen LogP contribution in [-0.2, 0) is 4.79 Å². The van der Waals surface area contributed by atoms with Gasteiger partial charge in [-0.1, -0.05) is 5.16 Å². The molecule has 0 unspecified atom stereocenters. The molecule has 4 heteroatoms. The van der Waals surface area contributed by atoms with E-state index in [9.17, 15) is 4.79 Å². The zero-order valence-electron chi connectivity index (χ0n) is 6.38. The average molecular weight is 144 g/mol. The van der Waals surface area contributed by atoms with Crippen LogP contribution in [0.5, 0.6) is 0 Å². The lowest BCUT2D eigenvalue weighted by Crippen LogP contribution is -2.37. The van der Waals surface area contributed by atoms with Gasteiger partial charge in [0, 0.05) is 0 Å². The highest BCUT2D eigenvalue weighted by Gasteiger charge is 2.28. The number of carbonyl (C=O) groups is 1. The zero-order valence-corrected chi connectivity index (χ0v) is 6.38. The smallest absolute Gasteiger partial charge is 0.228 e. The molecule has 10 heavy (non-hydrogen) atoms. The Morgan fingerprint density at radius 2 is 2.00 bits per heavy atom. The van der Waals surface area contributed by atoms with Crippen molar-refractivity contribution >= 4 is 11.6 Å². The Morgan fingerprint density at radius 3 is 2.10 bits per heavy atom. The summed E-state index contributed by atoms with van der Waals surface area (Å²) in [7, 11) is 0. The average Bonchev–Trinajstić information content (AvgIpc) is 1.86. The van der Waals surface area contributed by atoms with E-state index >= 15 is 0 Å². The zero-order chi connectivity index (χ0) is 8.36. The van der Waals surface area contributed by atoms with Gasteiger partial charge in [0.25, 0.3) is 0 Å². The van der Waals surface area contributed by atoms with E-state index in [1.807, 2.05) is 0 Å². The summed E-state index contributed by atoms with van der Waals surface area (Å²) in [4.78, 5) is 10.7. The van der Waals surface area contributed by atoms with Crippen molar-refractivity contribution in [1.82, 2.24) is 0 Å². The predicted molar refractivity (Wildman–Crippen MR) is 37.9 cm³/mol. The van der Waals surface area contributed by atoms with Crippen molar-refractivity contribution in [2.24, 2.45) is 16.3 Å². The summed E-state index contributed by atoms with van der Waals surface area (Å²) in [6.45, 7) is 4.75. The number of carbonyl (C=O) groups excluding carboxylic acids is 1. The van der Waals surface area contributed by atoms with E-state index in [0.717, 1.165) is 0 Å². The standard InChI is InChI=1S/C6H12N2O2/c1-4(8-10)6(2,3)5(7)9/h10H,1-3H3,(H2,7,9)/b8-4+. The number of hydrogen-bond donors (Lipinski definition) is 2. The maximum absolute atomic E-state index is 10.7. The molecule has 3 N–H and O–H groups in total. The van der Waals surface area contributed by atoms with Gasteiger partial charge in [0.05, 0.1) is 11.1 Å². The molecule has 1 amide bonds. The lowest BCUT2D eigenvalue weighted by Gasteiger charge is -2.17. The van der Waals surface area contributed by atoms with Gasteiger partial charge in [0.1, 0.15) is 0 Å². The molecule has 4 nitrogen and oxygen atoms in total. The first-order chi connectivity index (χ1) is 4.42. The highest BCUT2D eigenvalue weighted by atomic mass is 16.4. The van der Waals surface area contributed by atoms with Crippen molar-refractivity contribution in [3.8, 4) is 0 Å². The highest BCUT2D eigenvalue weighted by Crippen LogP contribution is 2.15. The molecule has 0 rings (SSSR count). The molecule has 0 spiro atoms. The first-order valence-corrected chi connectivity index (χ1v) is 2.92. The van der Waals surface area contributed by atoms with Gasteiger partial charge >= 0.3 is 0 Å². The van der Waals surface area contributed by atoms with Gasteiger partial charge in [-0.2, -0.15) is 0 Å². The van der Waals surface area contributed by atoms with Crippen LogP contribution in [-0.4, -0.2) is 16.8 Å². The Morgan fingerprint density at radius 1 is 1.60 bits per heavy atom. The van der Waals surface area contributed by atoms with E-state index in [1.165, 1.54) is 0 Å². The molecule has 0 bridgehead atoms. The van der Waals surface area contributed by atoms with Crippen LogP contribution in [0.3, 0.4) is 0 Å². The molecule has 0 radical (unpaired) electrons. The molecule has 0 heterocycles. The minimum Gasteiger partial charge on any atom is -0.411 e. The number of primary amides is 1. The van der Waals surface area contributed by atoms with Crippen molar-refractivity contribution in [3.63, 3.8) is 0 Å². The maximum Gasteiger partial charge on any atom is 0.228 e. The molecule has 0 aliphatic heterocycles. The summed E-state index contributed by atoms with van der Waals surface area (Å²) in [5.74, 6) is -0.497. The van der Waals surface area contributed by atoms with E-state index in [1.54, 1.807) is 20.8 Å². The number of oxime groups is 1. The van der Waals surface area contributed by atoms with Crippen LogP contribution in [0.25, 0.3) is 0 Å². The number of amides is 1. The Kier molecular flexibility index (Phi) is 2.40. The largest absolute Gasteiger partial charge is 0.411 e. The van der Waals surface area contributed by atoms with Crippen molar-refractivity contribution in [3.05, 3.63) is 0 Å². The summed E-state index contributed by atoms with van der Waals surface area (Å²) in [5.41, 5.74) is 4.48. The van der Waals surface area contributed by atoms with Crippen LogP contribution >= 0.6 is 0 Å². The maximum atomic E-state index is 10.7. The molecule has 0 saturated heterocycles. The fourth-order valence-electron chi connectivity index (χ4n) is 0.303. The molecule has 58 valence electrons. The quantitative estimate of drug-likeness (QED) is 0.333. The third kappa shape index (κ3) is 1.46. The third-order valence-electron chi connectivity index (χ3n) is 1.67. The van der Waals surface area contributed by atoms with Gasteiger partial charge in [0.15, 0.2) is 0 Å². The van der Waals surface area contributed by atoms with Crippen LogP contribution in [0, 0.1) is 5.41 Å². The molecular formula is C6H12N2O2. The second-order valence-electron chi connectivity index (χ2n) is 2.67. The molecule has 0 aromatic rings.